The van der Waals surface area contributed by atoms with Crippen molar-refractivity contribution < 1.29 is 9.53 Å². The Morgan fingerprint density at radius 2 is 1.64 bits per heavy atom. The summed E-state index contributed by atoms with van der Waals surface area (Å²) in [5.74, 6) is 3.12. The van der Waals surface area contributed by atoms with E-state index < -0.39 is 0 Å². The van der Waals surface area contributed by atoms with Crippen LogP contribution in [0.2, 0.25) is 0 Å². The second kappa shape index (κ2) is 5.04. The smallest absolute Gasteiger partial charge is 0.152 e. The quantitative estimate of drug-likeness (QED) is 0.801. The van der Waals surface area contributed by atoms with Crippen molar-refractivity contribution in [3.8, 4) is 0 Å². The van der Waals surface area contributed by atoms with Crippen molar-refractivity contribution >= 4 is 5.78 Å². The summed E-state index contributed by atoms with van der Waals surface area (Å²) >= 11 is 0. The van der Waals surface area contributed by atoms with Crippen LogP contribution in [0, 0.1) is 23.2 Å². The lowest BCUT2D eigenvalue weighted by Crippen LogP contribution is -2.56. The summed E-state index contributed by atoms with van der Waals surface area (Å²) in [5.41, 5.74) is -0.0696. The molecule has 1 saturated heterocycles. The Morgan fingerprint density at radius 3 is 2.14 bits per heavy atom. The van der Waals surface area contributed by atoms with Gasteiger partial charge in [0.25, 0.3) is 0 Å². The molecule has 22 heavy (non-hydrogen) atoms. The Kier molecular flexibility index (Phi) is 3.47. The number of carbonyl (C=O) groups excluding carboxylic acids is 1. The summed E-state index contributed by atoms with van der Waals surface area (Å²) in [4.78, 5) is 15.6. The van der Waals surface area contributed by atoms with E-state index in [1.807, 2.05) is 0 Å². The molecule has 1 heterocycles. The van der Waals surface area contributed by atoms with Gasteiger partial charge in [0, 0.05) is 18.5 Å². The Hall–Kier alpha value is -0.410. The van der Waals surface area contributed by atoms with Gasteiger partial charge in [0.2, 0.25) is 0 Å². The molecule has 3 heteroatoms. The summed E-state index contributed by atoms with van der Waals surface area (Å²) in [5, 5.41) is 0. The highest BCUT2D eigenvalue weighted by Crippen LogP contribution is 2.60. The minimum Gasteiger partial charge on any atom is -0.370 e. The molecule has 4 saturated carbocycles. The molecule has 5 aliphatic rings. The lowest BCUT2D eigenvalue weighted by Gasteiger charge is -2.56. The van der Waals surface area contributed by atoms with Crippen LogP contribution in [0.25, 0.3) is 0 Å². The molecule has 1 atom stereocenters. The molecule has 4 bridgehead atoms. The molecule has 3 nitrogen and oxygen atoms in total. The fourth-order valence-corrected chi connectivity index (χ4v) is 6.53. The van der Waals surface area contributed by atoms with Gasteiger partial charge in [-0.15, -0.1) is 0 Å². The van der Waals surface area contributed by atoms with Crippen LogP contribution < -0.4 is 0 Å². The van der Waals surface area contributed by atoms with Crippen LogP contribution in [0.15, 0.2) is 0 Å². The number of hydrogen-bond donors (Lipinski definition) is 0. The van der Waals surface area contributed by atoms with Crippen LogP contribution in [0.5, 0.6) is 0 Å². The van der Waals surface area contributed by atoms with Crippen LogP contribution in [-0.4, -0.2) is 42.0 Å². The van der Waals surface area contributed by atoms with Crippen molar-refractivity contribution in [1.82, 2.24) is 4.90 Å². The predicted octanol–water partition coefficient (Wildman–Crippen LogP) is 3.27. The summed E-state index contributed by atoms with van der Waals surface area (Å²) in [6.45, 7) is 8.86. The third kappa shape index (κ3) is 2.65. The van der Waals surface area contributed by atoms with Crippen molar-refractivity contribution in [2.24, 2.45) is 23.2 Å². The summed E-state index contributed by atoms with van der Waals surface area (Å²) < 4.78 is 5.98. The van der Waals surface area contributed by atoms with E-state index in [0.29, 0.717) is 12.3 Å². The first-order valence-corrected chi connectivity index (χ1v) is 9.27. The Labute approximate surface area is 134 Å². The number of morpholine rings is 1. The number of Topliss-reactive ketones (excluding diaryl/α,β-unsaturated/α-hetero) is 1. The number of hydrogen-bond acceptors (Lipinski definition) is 3. The van der Waals surface area contributed by atoms with E-state index in [1.165, 1.54) is 38.5 Å². The number of rotatable bonds is 3. The van der Waals surface area contributed by atoms with E-state index in [4.69, 9.17) is 4.74 Å². The second-order valence-electron chi connectivity index (χ2n) is 9.48. The standard InChI is InChI=1S/C19H31NO2/c1-13-10-20(12-18(2,3)22-13)11-17(21)19-7-14-4-15(8-19)6-16(5-14)9-19/h13-16H,4-12H2,1-3H3/t13-,14?,15?,16?,19?/m0/s1. The largest absolute Gasteiger partial charge is 0.370 e. The summed E-state index contributed by atoms with van der Waals surface area (Å²) in [6, 6.07) is 0. The Morgan fingerprint density at radius 1 is 1.09 bits per heavy atom. The second-order valence-corrected chi connectivity index (χ2v) is 9.48. The minimum absolute atomic E-state index is 0.0560. The third-order valence-corrected chi connectivity index (χ3v) is 6.64. The Balaban J connectivity index is 1.46. The monoisotopic (exact) mass is 305 g/mol. The molecule has 0 spiro atoms. The van der Waals surface area contributed by atoms with Crippen LogP contribution in [0.3, 0.4) is 0 Å². The molecule has 0 aromatic carbocycles. The van der Waals surface area contributed by atoms with E-state index in [2.05, 4.69) is 25.7 Å². The van der Waals surface area contributed by atoms with Gasteiger partial charge in [0.1, 0.15) is 0 Å². The maximum Gasteiger partial charge on any atom is 0.152 e. The maximum atomic E-state index is 13.2. The average molecular weight is 305 g/mol. The molecule has 0 N–H and O–H groups in total. The minimum atomic E-state index is -0.126. The van der Waals surface area contributed by atoms with Crippen LogP contribution in [-0.2, 0) is 9.53 Å². The molecule has 0 radical (unpaired) electrons. The van der Waals surface area contributed by atoms with Gasteiger partial charge in [0.15, 0.2) is 5.78 Å². The lowest BCUT2D eigenvalue weighted by molar-refractivity contribution is -0.154. The fourth-order valence-electron chi connectivity index (χ4n) is 6.53. The van der Waals surface area contributed by atoms with Crippen molar-refractivity contribution in [1.29, 1.82) is 0 Å². The van der Waals surface area contributed by atoms with Crippen molar-refractivity contribution in [3.63, 3.8) is 0 Å². The molecule has 0 amide bonds. The first-order chi connectivity index (χ1) is 10.3. The maximum absolute atomic E-state index is 13.2. The normalized spacial score (nSPS) is 46.9. The molecule has 5 rings (SSSR count). The van der Waals surface area contributed by atoms with Gasteiger partial charge in [-0.1, -0.05) is 0 Å². The fraction of sp³-hybridized carbons (Fsp3) is 0.947. The molecule has 124 valence electrons. The number of ketones is 1. The predicted molar refractivity (Wildman–Crippen MR) is 86.7 cm³/mol. The molecular formula is C19H31NO2. The highest BCUT2D eigenvalue weighted by molar-refractivity contribution is 5.87. The van der Waals surface area contributed by atoms with E-state index >= 15 is 0 Å². The van der Waals surface area contributed by atoms with E-state index in [9.17, 15) is 4.79 Å². The van der Waals surface area contributed by atoms with Crippen LogP contribution in [0.4, 0.5) is 0 Å². The van der Waals surface area contributed by atoms with E-state index in [-0.39, 0.29) is 17.1 Å². The van der Waals surface area contributed by atoms with Crippen LogP contribution in [0.1, 0.15) is 59.3 Å². The van der Waals surface area contributed by atoms with Crippen LogP contribution >= 0.6 is 0 Å². The van der Waals surface area contributed by atoms with Gasteiger partial charge in [-0.05, 0) is 77.0 Å². The zero-order valence-corrected chi connectivity index (χ0v) is 14.4. The number of nitrogens with zero attached hydrogens (tertiary/aromatic N) is 1. The summed E-state index contributed by atoms with van der Waals surface area (Å²) in [6.07, 6.45) is 8.05. The van der Waals surface area contributed by atoms with E-state index in [1.54, 1.807) is 0 Å². The first-order valence-electron chi connectivity index (χ1n) is 9.27. The highest BCUT2D eigenvalue weighted by Gasteiger charge is 2.54. The average Bonchev–Trinajstić information content (AvgIpc) is 2.34. The van der Waals surface area contributed by atoms with Crippen molar-refractivity contribution in [3.05, 3.63) is 0 Å². The first kappa shape index (κ1) is 15.1. The lowest BCUT2D eigenvalue weighted by atomic mass is 9.48. The van der Waals surface area contributed by atoms with Gasteiger partial charge in [-0.3, -0.25) is 9.69 Å². The van der Waals surface area contributed by atoms with Crippen molar-refractivity contribution in [2.75, 3.05) is 19.6 Å². The van der Waals surface area contributed by atoms with E-state index in [0.717, 1.165) is 30.8 Å². The highest BCUT2D eigenvalue weighted by atomic mass is 16.5. The molecular weight excluding hydrogens is 274 g/mol. The van der Waals surface area contributed by atoms with Gasteiger partial charge >= 0.3 is 0 Å². The molecule has 1 aliphatic heterocycles. The van der Waals surface area contributed by atoms with Gasteiger partial charge in [-0.2, -0.15) is 0 Å². The third-order valence-electron chi connectivity index (χ3n) is 6.64. The molecule has 0 unspecified atom stereocenters. The van der Waals surface area contributed by atoms with Gasteiger partial charge < -0.3 is 4.74 Å². The zero-order chi connectivity index (χ0) is 15.5. The molecule has 0 aromatic rings. The van der Waals surface area contributed by atoms with Gasteiger partial charge in [-0.25, -0.2) is 0 Å². The molecule has 5 fully saturated rings. The van der Waals surface area contributed by atoms with Crippen molar-refractivity contribution in [2.45, 2.75) is 71.0 Å². The SMILES string of the molecule is C[C@H]1CN(CC(=O)C23CC4CC(CC(C4)C2)C3)CC(C)(C)O1. The molecule has 0 aromatic heterocycles. The Bertz CT molecular complexity index is 435. The number of carbonyl (C=O) groups is 1. The zero-order valence-electron chi connectivity index (χ0n) is 14.4. The van der Waals surface area contributed by atoms with Gasteiger partial charge in [0.05, 0.1) is 18.2 Å². The topological polar surface area (TPSA) is 29.5 Å². The molecule has 4 aliphatic carbocycles. The summed E-state index contributed by atoms with van der Waals surface area (Å²) in [7, 11) is 0. The number of ether oxygens (including phenoxy) is 1.